The van der Waals surface area contributed by atoms with E-state index >= 15 is 0 Å². The van der Waals surface area contributed by atoms with Crippen molar-refractivity contribution in [3.63, 3.8) is 0 Å². The van der Waals surface area contributed by atoms with E-state index in [9.17, 15) is 0 Å². The Morgan fingerprint density at radius 1 is 1.24 bits per heavy atom. The summed E-state index contributed by atoms with van der Waals surface area (Å²) < 4.78 is 7.67. The van der Waals surface area contributed by atoms with E-state index in [1.165, 1.54) is 19.3 Å². The molecule has 0 unspecified atom stereocenters. The van der Waals surface area contributed by atoms with Gasteiger partial charge in [0.05, 0.1) is 13.2 Å². The van der Waals surface area contributed by atoms with Gasteiger partial charge in [0.1, 0.15) is 5.82 Å². The molecule has 0 N–H and O–H groups in total. The van der Waals surface area contributed by atoms with Crippen molar-refractivity contribution in [2.75, 3.05) is 24.7 Å². The fourth-order valence-corrected chi connectivity index (χ4v) is 2.89. The van der Waals surface area contributed by atoms with Crippen molar-refractivity contribution in [3.8, 4) is 0 Å². The Morgan fingerprint density at radius 2 is 2.18 bits per heavy atom. The lowest BCUT2D eigenvalue weighted by Gasteiger charge is -2.06. The molecule has 1 aromatic rings. The SMILES string of the molecule is SCCOCCSc1nnc2n1CCCCC2. The Hall–Kier alpha value is -0.200. The molecule has 4 nitrogen and oxygen atoms in total. The van der Waals surface area contributed by atoms with E-state index in [0.717, 1.165) is 48.7 Å². The van der Waals surface area contributed by atoms with Gasteiger partial charge in [-0.1, -0.05) is 18.2 Å². The van der Waals surface area contributed by atoms with Gasteiger partial charge in [-0.25, -0.2) is 0 Å². The molecule has 0 saturated carbocycles. The van der Waals surface area contributed by atoms with Gasteiger partial charge >= 0.3 is 0 Å². The average molecular weight is 273 g/mol. The number of thioether (sulfide) groups is 1. The fourth-order valence-electron chi connectivity index (χ4n) is 1.92. The zero-order valence-electron chi connectivity index (χ0n) is 9.97. The van der Waals surface area contributed by atoms with Crippen LogP contribution in [0.15, 0.2) is 5.16 Å². The van der Waals surface area contributed by atoms with Gasteiger partial charge in [-0.3, -0.25) is 0 Å². The molecular weight excluding hydrogens is 254 g/mol. The van der Waals surface area contributed by atoms with E-state index in [0.29, 0.717) is 0 Å². The van der Waals surface area contributed by atoms with E-state index in [-0.39, 0.29) is 0 Å². The summed E-state index contributed by atoms with van der Waals surface area (Å²) in [6.45, 7) is 2.55. The van der Waals surface area contributed by atoms with E-state index in [1.807, 2.05) is 0 Å². The summed E-state index contributed by atoms with van der Waals surface area (Å²) in [5, 5.41) is 9.59. The van der Waals surface area contributed by atoms with Crippen molar-refractivity contribution in [1.29, 1.82) is 0 Å². The summed E-state index contributed by atoms with van der Waals surface area (Å²) in [5.74, 6) is 2.87. The highest BCUT2D eigenvalue weighted by molar-refractivity contribution is 7.99. The van der Waals surface area contributed by atoms with Crippen LogP contribution in [0.4, 0.5) is 0 Å². The van der Waals surface area contributed by atoms with Crippen LogP contribution in [-0.4, -0.2) is 39.5 Å². The minimum atomic E-state index is 0.724. The molecule has 6 heteroatoms. The molecule has 0 saturated heterocycles. The van der Waals surface area contributed by atoms with Gasteiger partial charge in [0.25, 0.3) is 0 Å². The van der Waals surface area contributed by atoms with Gasteiger partial charge in [-0.2, -0.15) is 12.6 Å². The van der Waals surface area contributed by atoms with Gasteiger partial charge in [-0.15, -0.1) is 10.2 Å². The number of nitrogens with zero attached hydrogens (tertiary/aromatic N) is 3. The summed E-state index contributed by atoms with van der Waals surface area (Å²) in [5.41, 5.74) is 0. The van der Waals surface area contributed by atoms with Crippen LogP contribution in [-0.2, 0) is 17.7 Å². The smallest absolute Gasteiger partial charge is 0.191 e. The highest BCUT2D eigenvalue weighted by atomic mass is 32.2. The van der Waals surface area contributed by atoms with Crippen LogP contribution in [0, 0.1) is 0 Å². The van der Waals surface area contributed by atoms with Crippen LogP contribution < -0.4 is 0 Å². The van der Waals surface area contributed by atoms with E-state index < -0.39 is 0 Å². The molecule has 1 aromatic heterocycles. The summed E-state index contributed by atoms with van der Waals surface area (Å²) in [7, 11) is 0. The summed E-state index contributed by atoms with van der Waals surface area (Å²) in [4.78, 5) is 0. The molecule has 0 amide bonds. The van der Waals surface area contributed by atoms with E-state index in [1.54, 1.807) is 11.8 Å². The minimum Gasteiger partial charge on any atom is -0.380 e. The van der Waals surface area contributed by atoms with Crippen LogP contribution in [0.25, 0.3) is 0 Å². The lowest BCUT2D eigenvalue weighted by Crippen LogP contribution is -2.04. The number of thiol groups is 1. The Morgan fingerprint density at radius 3 is 3.06 bits per heavy atom. The molecule has 2 heterocycles. The second-order valence-electron chi connectivity index (χ2n) is 4.05. The van der Waals surface area contributed by atoms with Crippen molar-refractivity contribution in [1.82, 2.24) is 14.8 Å². The van der Waals surface area contributed by atoms with Crippen LogP contribution >= 0.6 is 24.4 Å². The Labute approximate surface area is 112 Å². The van der Waals surface area contributed by atoms with E-state index in [4.69, 9.17) is 4.74 Å². The predicted molar refractivity (Wildman–Crippen MR) is 73.0 cm³/mol. The van der Waals surface area contributed by atoms with Crippen LogP contribution in [0.3, 0.4) is 0 Å². The maximum absolute atomic E-state index is 5.40. The summed E-state index contributed by atoms with van der Waals surface area (Å²) >= 11 is 5.84. The molecule has 0 radical (unpaired) electrons. The number of hydrogen-bond donors (Lipinski definition) is 1. The molecular formula is C11H19N3OS2. The molecule has 2 rings (SSSR count). The third-order valence-corrected chi connectivity index (χ3v) is 3.88. The molecule has 0 bridgehead atoms. The van der Waals surface area contributed by atoms with Gasteiger partial charge < -0.3 is 9.30 Å². The predicted octanol–water partition coefficient (Wildman–Crippen LogP) is 2.04. The number of ether oxygens (including phenoxy) is 1. The van der Waals surface area contributed by atoms with Crippen LogP contribution in [0.2, 0.25) is 0 Å². The Balaban J connectivity index is 1.82. The topological polar surface area (TPSA) is 39.9 Å². The molecule has 96 valence electrons. The monoisotopic (exact) mass is 273 g/mol. The first-order valence-corrected chi connectivity index (χ1v) is 7.77. The maximum atomic E-state index is 5.40. The molecule has 1 aliphatic heterocycles. The maximum Gasteiger partial charge on any atom is 0.191 e. The fraction of sp³-hybridized carbons (Fsp3) is 0.818. The minimum absolute atomic E-state index is 0.724. The average Bonchev–Trinajstić information content (AvgIpc) is 2.59. The Bertz CT molecular complexity index is 343. The number of aryl methyl sites for hydroxylation is 1. The Kier molecular flexibility index (Phi) is 5.67. The largest absolute Gasteiger partial charge is 0.380 e. The molecule has 0 fully saturated rings. The summed E-state index contributed by atoms with van der Waals surface area (Å²) in [6.07, 6.45) is 4.87. The third-order valence-electron chi connectivity index (χ3n) is 2.77. The molecule has 0 aliphatic carbocycles. The lowest BCUT2D eigenvalue weighted by molar-refractivity contribution is 0.167. The van der Waals surface area contributed by atoms with E-state index in [2.05, 4.69) is 27.4 Å². The second kappa shape index (κ2) is 7.28. The van der Waals surface area contributed by atoms with Crippen molar-refractivity contribution < 1.29 is 4.74 Å². The normalized spacial score (nSPS) is 15.6. The first-order chi connectivity index (χ1) is 8.42. The van der Waals surface area contributed by atoms with Gasteiger partial charge in [-0.05, 0) is 12.8 Å². The zero-order valence-corrected chi connectivity index (χ0v) is 11.7. The summed E-state index contributed by atoms with van der Waals surface area (Å²) in [6, 6.07) is 0. The molecule has 0 spiro atoms. The third kappa shape index (κ3) is 3.89. The van der Waals surface area contributed by atoms with Crippen LogP contribution in [0.5, 0.6) is 0 Å². The number of rotatable bonds is 6. The molecule has 17 heavy (non-hydrogen) atoms. The number of fused-ring (bicyclic) bond motifs is 1. The van der Waals surface area contributed by atoms with Crippen molar-refractivity contribution in [2.45, 2.75) is 37.4 Å². The first kappa shape index (κ1) is 13.2. The molecule has 0 atom stereocenters. The molecule has 0 aromatic carbocycles. The standard InChI is InChI=1S/C11H19N3OS2/c16-8-6-15-7-9-17-11-13-12-10-4-2-1-3-5-14(10)11/h16H,1-9H2. The first-order valence-electron chi connectivity index (χ1n) is 6.15. The van der Waals surface area contributed by atoms with Crippen molar-refractivity contribution in [2.24, 2.45) is 0 Å². The highest BCUT2D eigenvalue weighted by Gasteiger charge is 2.14. The van der Waals surface area contributed by atoms with Crippen molar-refractivity contribution in [3.05, 3.63) is 5.82 Å². The van der Waals surface area contributed by atoms with Crippen LogP contribution in [0.1, 0.15) is 25.1 Å². The quantitative estimate of drug-likeness (QED) is 0.489. The zero-order chi connectivity index (χ0) is 11.9. The number of aromatic nitrogens is 3. The van der Waals surface area contributed by atoms with Crippen molar-refractivity contribution >= 4 is 24.4 Å². The van der Waals surface area contributed by atoms with Gasteiger partial charge in [0.2, 0.25) is 0 Å². The molecule has 1 aliphatic rings. The van der Waals surface area contributed by atoms with Gasteiger partial charge in [0, 0.05) is 24.5 Å². The highest BCUT2D eigenvalue weighted by Crippen LogP contribution is 2.21. The number of hydrogen-bond acceptors (Lipinski definition) is 5. The lowest BCUT2D eigenvalue weighted by atomic mass is 10.2. The second-order valence-corrected chi connectivity index (χ2v) is 5.55. The van der Waals surface area contributed by atoms with Gasteiger partial charge in [0.15, 0.2) is 5.16 Å².